The molecular formula is C24H29N5O. The van der Waals surface area contributed by atoms with Crippen LogP contribution in [0.3, 0.4) is 0 Å². The Morgan fingerprint density at radius 3 is 2.63 bits per heavy atom. The van der Waals surface area contributed by atoms with Crippen LogP contribution in [0.4, 0.5) is 17.3 Å². The first kappa shape index (κ1) is 20.2. The minimum absolute atomic E-state index is 0.0246. The number of rotatable bonds is 6. The molecule has 0 spiro atoms. The molecule has 3 N–H and O–H groups in total. The molecule has 0 fully saturated rings. The third-order valence-electron chi connectivity index (χ3n) is 5.44. The third kappa shape index (κ3) is 4.24. The van der Waals surface area contributed by atoms with Gasteiger partial charge in [0.15, 0.2) is 0 Å². The second kappa shape index (κ2) is 7.95. The van der Waals surface area contributed by atoms with Gasteiger partial charge in [0.05, 0.1) is 5.69 Å². The molecule has 0 atom stereocenters. The molecule has 6 nitrogen and oxygen atoms in total. The van der Waals surface area contributed by atoms with Crippen molar-refractivity contribution in [2.45, 2.75) is 25.7 Å². The van der Waals surface area contributed by atoms with Crippen molar-refractivity contribution in [3.63, 3.8) is 0 Å². The maximum Gasteiger partial charge on any atom is 0.227 e. The number of fused-ring (bicyclic) bond motifs is 3. The largest absolute Gasteiger partial charge is 0.492 e. The lowest BCUT2D eigenvalue weighted by molar-refractivity contribution is 0.261. The van der Waals surface area contributed by atoms with Crippen LogP contribution in [0, 0.1) is 0 Å². The van der Waals surface area contributed by atoms with Crippen molar-refractivity contribution in [1.29, 1.82) is 0 Å². The topological polar surface area (TPSA) is 76.3 Å². The molecule has 2 aromatic carbocycles. The zero-order valence-electron chi connectivity index (χ0n) is 18.1. The Bertz CT molecular complexity index is 1040. The van der Waals surface area contributed by atoms with Gasteiger partial charge < -0.3 is 20.7 Å². The highest BCUT2D eigenvalue weighted by Gasteiger charge is 2.32. The summed E-state index contributed by atoms with van der Waals surface area (Å²) in [6.45, 7) is 6.04. The first-order valence-electron chi connectivity index (χ1n) is 10.2. The van der Waals surface area contributed by atoms with Crippen LogP contribution in [0.25, 0.3) is 11.3 Å². The van der Waals surface area contributed by atoms with Crippen LogP contribution in [0.5, 0.6) is 5.75 Å². The number of anilines is 3. The summed E-state index contributed by atoms with van der Waals surface area (Å²) in [7, 11) is 4.06. The Hall–Kier alpha value is -3.12. The van der Waals surface area contributed by atoms with Crippen molar-refractivity contribution in [2.24, 2.45) is 0 Å². The second-order valence-electron chi connectivity index (χ2n) is 8.73. The Kier molecular flexibility index (Phi) is 5.35. The minimum atomic E-state index is 0.0246. The summed E-state index contributed by atoms with van der Waals surface area (Å²) >= 11 is 0. The van der Waals surface area contributed by atoms with Crippen LogP contribution in [-0.4, -0.2) is 42.1 Å². The van der Waals surface area contributed by atoms with Gasteiger partial charge in [-0.2, -0.15) is 0 Å². The average molecular weight is 404 g/mol. The van der Waals surface area contributed by atoms with E-state index in [1.54, 1.807) is 0 Å². The number of likely N-dealkylation sites (N-methyl/N-ethyl adjacent to an activating group) is 1. The van der Waals surface area contributed by atoms with Crippen molar-refractivity contribution in [1.82, 2.24) is 14.9 Å². The summed E-state index contributed by atoms with van der Waals surface area (Å²) < 4.78 is 5.75. The monoisotopic (exact) mass is 403 g/mol. The fourth-order valence-electron chi connectivity index (χ4n) is 3.86. The lowest BCUT2D eigenvalue weighted by Crippen LogP contribution is -2.26. The number of aromatic nitrogens is 2. The number of hydrogen-bond donors (Lipinski definition) is 2. The van der Waals surface area contributed by atoms with Gasteiger partial charge in [-0.05, 0) is 73.5 Å². The van der Waals surface area contributed by atoms with E-state index < -0.39 is 0 Å². The SMILES string of the molecule is CN(C)CCOc1ccc(Nc2ncc3c(n2)-c2cc(N)ccc2C(C)(C)C3)cc1. The van der Waals surface area contributed by atoms with Gasteiger partial charge in [0.1, 0.15) is 12.4 Å². The molecule has 30 heavy (non-hydrogen) atoms. The second-order valence-corrected chi connectivity index (χ2v) is 8.73. The highest BCUT2D eigenvalue weighted by atomic mass is 16.5. The zero-order chi connectivity index (χ0) is 21.3. The van der Waals surface area contributed by atoms with Gasteiger partial charge in [0.25, 0.3) is 0 Å². The summed E-state index contributed by atoms with van der Waals surface area (Å²) in [6.07, 6.45) is 2.83. The predicted octanol–water partition coefficient (Wildman–Crippen LogP) is 4.24. The van der Waals surface area contributed by atoms with Gasteiger partial charge in [-0.1, -0.05) is 19.9 Å². The molecule has 0 saturated carbocycles. The fraction of sp³-hybridized carbons (Fsp3) is 0.333. The maximum atomic E-state index is 6.08. The lowest BCUT2D eigenvalue weighted by atomic mass is 9.72. The van der Waals surface area contributed by atoms with Gasteiger partial charge in [-0.3, -0.25) is 0 Å². The fourth-order valence-corrected chi connectivity index (χ4v) is 3.86. The van der Waals surface area contributed by atoms with E-state index in [0.717, 1.165) is 46.9 Å². The number of nitrogens with one attached hydrogen (secondary N) is 1. The van der Waals surface area contributed by atoms with Crippen LogP contribution < -0.4 is 15.8 Å². The summed E-state index contributed by atoms with van der Waals surface area (Å²) in [5.74, 6) is 1.42. The van der Waals surface area contributed by atoms with E-state index in [4.69, 9.17) is 15.5 Å². The number of nitrogens with zero attached hydrogens (tertiary/aromatic N) is 3. The smallest absolute Gasteiger partial charge is 0.227 e. The van der Waals surface area contributed by atoms with Crippen molar-refractivity contribution >= 4 is 17.3 Å². The number of nitrogen functional groups attached to an aromatic ring is 1. The van der Waals surface area contributed by atoms with Crippen LogP contribution in [0.2, 0.25) is 0 Å². The van der Waals surface area contributed by atoms with Gasteiger partial charge in [-0.15, -0.1) is 0 Å². The molecule has 0 aliphatic heterocycles. The molecule has 0 saturated heterocycles. The quantitative estimate of drug-likeness (QED) is 0.600. The van der Waals surface area contributed by atoms with Gasteiger partial charge in [0, 0.05) is 29.7 Å². The first-order valence-corrected chi connectivity index (χ1v) is 10.2. The third-order valence-corrected chi connectivity index (χ3v) is 5.44. The van der Waals surface area contributed by atoms with E-state index in [0.29, 0.717) is 12.6 Å². The van der Waals surface area contributed by atoms with Gasteiger partial charge in [0.2, 0.25) is 5.95 Å². The van der Waals surface area contributed by atoms with Crippen molar-refractivity contribution in [2.75, 3.05) is 38.3 Å². The van der Waals surface area contributed by atoms with Gasteiger partial charge >= 0.3 is 0 Å². The molecule has 4 rings (SSSR count). The molecule has 156 valence electrons. The summed E-state index contributed by atoms with van der Waals surface area (Å²) in [5, 5.41) is 3.30. The van der Waals surface area contributed by atoms with Crippen LogP contribution in [0.15, 0.2) is 48.7 Å². The van der Waals surface area contributed by atoms with E-state index >= 15 is 0 Å². The van der Waals surface area contributed by atoms with Gasteiger partial charge in [-0.25, -0.2) is 9.97 Å². The van der Waals surface area contributed by atoms with E-state index in [2.05, 4.69) is 35.1 Å². The molecule has 0 amide bonds. The van der Waals surface area contributed by atoms with E-state index in [1.807, 2.05) is 56.7 Å². The molecule has 0 bridgehead atoms. The summed E-state index contributed by atoms with van der Waals surface area (Å²) in [6, 6.07) is 14.0. The molecule has 0 unspecified atom stereocenters. The summed E-state index contributed by atoms with van der Waals surface area (Å²) in [4.78, 5) is 11.5. The zero-order valence-corrected chi connectivity index (χ0v) is 18.1. The first-order chi connectivity index (χ1) is 14.3. The van der Waals surface area contributed by atoms with E-state index in [9.17, 15) is 0 Å². The van der Waals surface area contributed by atoms with Crippen LogP contribution in [-0.2, 0) is 11.8 Å². The van der Waals surface area contributed by atoms with Crippen molar-refractivity contribution in [3.05, 3.63) is 59.8 Å². The molecular weight excluding hydrogens is 374 g/mol. The van der Waals surface area contributed by atoms with E-state index in [-0.39, 0.29) is 5.41 Å². The molecule has 1 aliphatic rings. The maximum absolute atomic E-state index is 6.08. The average Bonchev–Trinajstić information content (AvgIpc) is 2.69. The Balaban J connectivity index is 1.55. The van der Waals surface area contributed by atoms with Crippen molar-refractivity contribution < 1.29 is 4.74 Å². The standard InChI is InChI=1S/C24H29N5O/c1-24(2)14-16-15-26-23(28-22(16)20-13-17(25)5-10-21(20)24)27-18-6-8-19(9-7-18)30-12-11-29(3)4/h5-10,13,15H,11-12,14,25H2,1-4H3,(H,26,27,28). The highest BCUT2D eigenvalue weighted by molar-refractivity contribution is 5.75. The molecule has 3 aromatic rings. The number of hydrogen-bond acceptors (Lipinski definition) is 6. The minimum Gasteiger partial charge on any atom is -0.492 e. The lowest BCUT2D eigenvalue weighted by Gasteiger charge is -2.33. The number of benzene rings is 2. The van der Waals surface area contributed by atoms with Crippen molar-refractivity contribution in [3.8, 4) is 17.0 Å². The molecule has 1 aliphatic carbocycles. The molecule has 6 heteroatoms. The van der Waals surface area contributed by atoms with Crippen LogP contribution in [0.1, 0.15) is 25.0 Å². The predicted molar refractivity (Wildman–Crippen MR) is 122 cm³/mol. The summed E-state index contributed by atoms with van der Waals surface area (Å²) in [5.41, 5.74) is 12.2. The number of nitrogens with two attached hydrogens (primary N) is 1. The molecule has 1 aromatic heterocycles. The molecule has 1 heterocycles. The van der Waals surface area contributed by atoms with E-state index in [1.165, 1.54) is 5.56 Å². The normalized spacial score (nSPS) is 14.2. The highest BCUT2D eigenvalue weighted by Crippen LogP contribution is 2.43. The Morgan fingerprint density at radius 1 is 1.13 bits per heavy atom. The molecule has 0 radical (unpaired) electrons. The Morgan fingerprint density at radius 2 is 1.90 bits per heavy atom. The van der Waals surface area contributed by atoms with Crippen LogP contribution >= 0.6 is 0 Å². The Labute approximate surface area is 178 Å². The number of ether oxygens (including phenoxy) is 1.